The smallest absolute Gasteiger partial charge is 0.268 e. The fraction of sp³-hybridized carbons (Fsp3) is 0.438. The lowest BCUT2D eigenvalue weighted by Crippen LogP contribution is -2.33. The molecule has 0 spiro atoms. The Morgan fingerprint density at radius 3 is 3.09 bits per heavy atom. The van der Waals surface area contributed by atoms with Crippen molar-refractivity contribution in [1.82, 2.24) is 9.88 Å². The lowest BCUT2D eigenvalue weighted by molar-refractivity contribution is 0.0851. The molecule has 1 aliphatic heterocycles. The SMILES string of the molecule is C=C(C)Cn1c(C(=O)NC[C@H]2CCCO2)cc2sc(Br)cc21. The summed E-state index contributed by atoms with van der Waals surface area (Å²) in [6.45, 7) is 7.97. The maximum Gasteiger partial charge on any atom is 0.268 e. The Balaban J connectivity index is 1.82. The van der Waals surface area contributed by atoms with Gasteiger partial charge < -0.3 is 14.6 Å². The summed E-state index contributed by atoms with van der Waals surface area (Å²) in [6, 6.07) is 4.01. The molecule has 0 bridgehead atoms. The molecule has 1 saturated heterocycles. The van der Waals surface area contributed by atoms with Crippen molar-refractivity contribution in [3.05, 3.63) is 33.8 Å². The van der Waals surface area contributed by atoms with Crippen molar-refractivity contribution in [2.45, 2.75) is 32.4 Å². The van der Waals surface area contributed by atoms with Crippen LogP contribution in [-0.2, 0) is 11.3 Å². The van der Waals surface area contributed by atoms with Crippen LogP contribution in [0, 0.1) is 0 Å². The number of rotatable bonds is 5. The summed E-state index contributed by atoms with van der Waals surface area (Å²) in [5.74, 6) is -0.0451. The van der Waals surface area contributed by atoms with Crippen molar-refractivity contribution in [3.63, 3.8) is 0 Å². The quantitative estimate of drug-likeness (QED) is 0.795. The van der Waals surface area contributed by atoms with Gasteiger partial charge in [0, 0.05) is 19.7 Å². The van der Waals surface area contributed by atoms with Crippen LogP contribution in [0.2, 0.25) is 0 Å². The molecule has 0 aromatic carbocycles. The van der Waals surface area contributed by atoms with Gasteiger partial charge in [0.1, 0.15) is 5.69 Å². The van der Waals surface area contributed by atoms with Gasteiger partial charge in [-0.05, 0) is 47.8 Å². The Bertz CT molecular complexity index is 713. The number of amides is 1. The van der Waals surface area contributed by atoms with Gasteiger partial charge in [0.05, 0.1) is 20.1 Å². The van der Waals surface area contributed by atoms with E-state index in [2.05, 4.69) is 33.9 Å². The van der Waals surface area contributed by atoms with Gasteiger partial charge in [-0.25, -0.2) is 0 Å². The number of ether oxygens (including phenoxy) is 1. The number of carbonyl (C=O) groups excluding carboxylic acids is 1. The highest BCUT2D eigenvalue weighted by atomic mass is 79.9. The second kappa shape index (κ2) is 6.56. The van der Waals surface area contributed by atoms with Crippen molar-refractivity contribution >= 4 is 43.4 Å². The molecule has 1 amide bonds. The van der Waals surface area contributed by atoms with E-state index in [1.165, 1.54) is 0 Å². The molecule has 3 heterocycles. The minimum Gasteiger partial charge on any atom is -0.376 e. The Hall–Kier alpha value is -1.11. The third kappa shape index (κ3) is 3.29. The predicted octanol–water partition coefficient (Wildman–Crippen LogP) is 3.95. The molecule has 1 N–H and O–H groups in total. The van der Waals surface area contributed by atoms with Crippen LogP contribution in [0.25, 0.3) is 10.2 Å². The van der Waals surface area contributed by atoms with E-state index in [9.17, 15) is 4.79 Å². The van der Waals surface area contributed by atoms with Crippen LogP contribution in [0.3, 0.4) is 0 Å². The van der Waals surface area contributed by atoms with E-state index in [1.54, 1.807) is 11.3 Å². The molecule has 1 aliphatic rings. The number of hydrogen-bond donors (Lipinski definition) is 1. The number of halogens is 1. The van der Waals surface area contributed by atoms with E-state index in [1.807, 2.05) is 17.6 Å². The fourth-order valence-electron chi connectivity index (χ4n) is 2.74. The van der Waals surface area contributed by atoms with Gasteiger partial charge in [-0.2, -0.15) is 0 Å². The van der Waals surface area contributed by atoms with Crippen molar-refractivity contribution in [2.75, 3.05) is 13.2 Å². The minimum atomic E-state index is -0.0451. The second-order valence-electron chi connectivity index (χ2n) is 5.72. The summed E-state index contributed by atoms with van der Waals surface area (Å²) in [5.41, 5.74) is 2.78. The van der Waals surface area contributed by atoms with E-state index in [4.69, 9.17) is 4.74 Å². The fourth-order valence-corrected chi connectivity index (χ4v) is 4.31. The molecule has 0 saturated carbocycles. The lowest BCUT2D eigenvalue weighted by atomic mass is 10.2. The normalized spacial score (nSPS) is 18.0. The molecule has 0 radical (unpaired) electrons. The summed E-state index contributed by atoms with van der Waals surface area (Å²) < 4.78 is 9.76. The van der Waals surface area contributed by atoms with Crippen LogP contribution in [0.1, 0.15) is 30.3 Å². The Morgan fingerprint density at radius 2 is 2.41 bits per heavy atom. The van der Waals surface area contributed by atoms with Gasteiger partial charge in [0.2, 0.25) is 0 Å². The zero-order valence-corrected chi connectivity index (χ0v) is 14.9. The number of hydrogen-bond acceptors (Lipinski definition) is 3. The van der Waals surface area contributed by atoms with Crippen molar-refractivity contribution in [1.29, 1.82) is 0 Å². The van der Waals surface area contributed by atoms with Gasteiger partial charge in [-0.3, -0.25) is 4.79 Å². The molecule has 0 unspecified atom stereocenters. The molecule has 6 heteroatoms. The van der Waals surface area contributed by atoms with E-state index >= 15 is 0 Å². The summed E-state index contributed by atoms with van der Waals surface area (Å²) in [6.07, 6.45) is 2.26. The first-order valence-corrected chi connectivity index (χ1v) is 8.98. The van der Waals surface area contributed by atoms with Crippen molar-refractivity contribution < 1.29 is 9.53 Å². The summed E-state index contributed by atoms with van der Waals surface area (Å²) in [7, 11) is 0. The lowest BCUT2D eigenvalue weighted by Gasteiger charge is -2.13. The number of carbonyl (C=O) groups is 1. The van der Waals surface area contributed by atoms with Gasteiger partial charge >= 0.3 is 0 Å². The third-order valence-corrected chi connectivity index (χ3v) is 5.31. The zero-order valence-electron chi connectivity index (χ0n) is 12.5. The Labute approximate surface area is 142 Å². The van der Waals surface area contributed by atoms with Crippen LogP contribution in [0.4, 0.5) is 0 Å². The number of thiophene rings is 1. The monoisotopic (exact) mass is 382 g/mol. The van der Waals surface area contributed by atoms with Crippen LogP contribution < -0.4 is 5.32 Å². The maximum absolute atomic E-state index is 12.5. The average molecular weight is 383 g/mol. The standard InChI is InChI=1S/C16H19BrN2O2S/c1-10(2)9-19-12-7-15(17)22-14(12)6-13(19)16(20)18-8-11-4-3-5-21-11/h6-7,11H,1,3-5,8-9H2,2H3,(H,18,20)/t11-/m1/s1. The first-order chi connectivity index (χ1) is 10.5. The second-order valence-corrected chi connectivity index (χ2v) is 8.18. The molecule has 3 rings (SSSR count). The van der Waals surface area contributed by atoms with Gasteiger partial charge in [0.25, 0.3) is 5.91 Å². The van der Waals surface area contributed by atoms with Crippen molar-refractivity contribution in [3.8, 4) is 0 Å². The Morgan fingerprint density at radius 1 is 1.59 bits per heavy atom. The van der Waals surface area contributed by atoms with E-state index in [0.717, 1.165) is 39.0 Å². The largest absolute Gasteiger partial charge is 0.376 e. The molecule has 22 heavy (non-hydrogen) atoms. The number of nitrogens with one attached hydrogen (secondary N) is 1. The first-order valence-electron chi connectivity index (χ1n) is 7.37. The average Bonchev–Trinajstić information content (AvgIpc) is 3.14. The first kappa shape index (κ1) is 15.8. The number of fused-ring (bicyclic) bond motifs is 1. The third-order valence-electron chi connectivity index (χ3n) is 3.73. The topological polar surface area (TPSA) is 43.3 Å². The number of aromatic nitrogens is 1. The predicted molar refractivity (Wildman–Crippen MR) is 93.6 cm³/mol. The van der Waals surface area contributed by atoms with Gasteiger partial charge in [0.15, 0.2) is 0 Å². The summed E-state index contributed by atoms with van der Waals surface area (Å²) in [4.78, 5) is 12.5. The van der Waals surface area contributed by atoms with Crippen LogP contribution in [-0.4, -0.2) is 29.7 Å². The number of allylic oxidation sites excluding steroid dienone is 1. The van der Waals surface area contributed by atoms with E-state index < -0.39 is 0 Å². The van der Waals surface area contributed by atoms with E-state index in [0.29, 0.717) is 18.8 Å². The Kier molecular flexibility index (Phi) is 4.70. The molecule has 1 atom stereocenters. The highest BCUT2D eigenvalue weighted by Crippen LogP contribution is 2.32. The molecular formula is C16H19BrN2O2S. The molecule has 4 nitrogen and oxygen atoms in total. The van der Waals surface area contributed by atoms with Gasteiger partial charge in [-0.15, -0.1) is 11.3 Å². The molecule has 1 fully saturated rings. The molecule has 2 aromatic rings. The molecule has 118 valence electrons. The zero-order chi connectivity index (χ0) is 15.7. The van der Waals surface area contributed by atoms with Crippen LogP contribution in [0.15, 0.2) is 28.1 Å². The summed E-state index contributed by atoms with van der Waals surface area (Å²) in [5, 5.41) is 3.00. The molecular weight excluding hydrogens is 364 g/mol. The maximum atomic E-state index is 12.5. The van der Waals surface area contributed by atoms with Crippen LogP contribution >= 0.6 is 27.3 Å². The minimum absolute atomic E-state index is 0.0451. The summed E-state index contributed by atoms with van der Waals surface area (Å²) >= 11 is 5.14. The number of nitrogens with zero attached hydrogens (tertiary/aromatic N) is 1. The van der Waals surface area contributed by atoms with E-state index in [-0.39, 0.29) is 12.0 Å². The highest BCUT2D eigenvalue weighted by Gasteiger charge is 2.20. The highest BCUT2D eigenvalue weighted by molar-refractivity contribution is 9.11. The van der Waals surface area contributed by atoms with Crippen LogP contribution in [0.5, 0.6) is 0 Å². The van der Waals surface area contributed by atoms with Crippen molar-refractivity contribution in [2.24, 2.45) is 0 Å². The molecule has 2 aromatic heterocycles. The molecule has 0 aliphatic carbocycles. The van der Waals surface area contributed by atoms with Gasteiger partial charge in [-0.1, -0.05) is 12.2 Å².